The first-order valence-electron chi connectivity index (χ1n) is 8.24. The standard InChI is InChI=1S/C16H24N6O2/c1-11(2)15-18-14(19-24-15)10-20(3)13-5-6-22(9-13)16(23)12-7-17-21(4)8-12/h7-8,11,13H,5-6,9-10H2,1-4H3. The molecule has 130 valence electrons. The lowest BCUT2D eigenvalue weighted by atomic mass is 10.2. The third kappa shape index (κ3) is 3.48. The molecule has 0 radical (unpaired) electrons. The van der Waals surface area contributed by atoms with E-state index < -0.39 is 0 Å². The summed E-state index contributed by atoms with van der Waals surface area (Å²) in [6.07, 6.45) is 4.32. The molecule has 2 aromatic rings. The third-order valence-corrected chi connectivity index (χ3v) is 4.39. The van der Waals surface area contributed by atoms with Gasteiger partial charge in [-0.1, -0.05) is 19.0 Å². The zero-order valence-corrected chi connectivity index (χ0v) is 14.6. The Morgan fingerprint density at radius 1 is 1.50 bits per heavy atom. The molecule has 0 aliphatic carbocycles. The number of rotatable bonds is 5. The predicted molar refractivity (Wildman–Crippen MR) is 87.4 cm³/mol. The van der Waals surface area contributed by atoms with E-state index in [1.807, 2.05) is 32.8 Å². The molecule has 0 aromatic carbocycles. The fraction of sp³-hybridized carbons (Fsp3) is 0.625. The van der Waals surface area contributed by atoms with Crippen molar-refractivity contribution in [2.75, 3.05) is 20.1 Å². The van der Waals surface area contributed by atoms with Gasteiger partial charge in [0.1, 0.15) is 0 Å². The lowest BCUT2D eigenvalue weighted by Crippen LogP contribution is -2.36. The SMILES string of the molecule is CC(C)c1nc(CN(C)C2CCN(C(=O)c3cnn(C)c3)C2)no1. The Hall–Kier alpha value is -2.22. The quantitative estimate of drug-likeness (QED) is 0.820. The number of amides is 1. The first kappa shape index (κ1) is 16.6. The van der Waals surface area contributed by atoms with Gasteiger partial charge in [0.25, 0.3) is 5.91 Å². The van der Waals surface area contributed by atoms with Crippen molar-refractivity contribution in [3.63, 3.8) is 0 Å². The molecule has 1 atom stereocenters. The number of hydrogen-bond donors (Lipinski definition) is 0. The van der Waals surface area contributed by atoms with Gasteiger partial charge in [0, 0.05) is 38.3 Å². The molecule has 1 aliphatic heterocycles. The van der Waals surface area contributed by atoms with Gasteiger partial charge in [0.15, 0.2) is 5.82 Å². The Bertz CT molecular complexity index is 707. The van der Waals surface area contributed by atoms with Gasteiger partial charge >= 0.3 is 0 Å². The van der Waals surface area contributed by atoms with Gasteiger partial charge in [0.05, 0.1) is 18.3 Å². The van der Waals surface area contributed by atoms with Gasteiger partial charge in [-0.2, -0.15) is 10.1 Å². The Morgan fingerprint density at radius 2 is 2.29 bits per heavy atom. The Labute approximate surface area is 141 Å². The van der Waals surface area contributed by atoms with Crippen LogP contribution in [-0.4, -0.2) is 61.8 Å². The smallest absolute Gasteiger partial charge is 0.257 e. The second-order valence-corrected chi connectivity index (χ2v) is 6.72. The number of aryl methyl sites for hydroxylation is 1. The molecule has 0 N–H and O–H groups in total. The molecule has 1 saturated heterocycles. The Kier molecular flexibility index (Phi) is 4.66. The molecule has 24 heavy (non-hydrogen) atoms. The fourth-order valence-electron chi connectivity index (χ4n) is 2.92. The van der Waals surface area contributed by atoms with E-state index in [4.69, 9.17) is 4.52 Å². The van der Waals surface area contributed by atoms with Gasteiger partial charge in [-0.15, -0.1) is 0 Å². The first-order valence-corrected chi connectivity index (χ1v) is 8.24. The van der Waals surface area contributed by atoms with Crippen LogP contribution in [0.2, 0.25) is 0 Å². The number of nitrogens with zero attached hydrogens (tertiary/aromatic N) is 6. The second kappa shape index (κ2) is 6.72. The Balaban J connectivity index is 1.57. The number of likely N-dealkylation sites (N-methyl/N-ethyl adjacent to an activating group) is 1. The minimum atomic E-state index is 0.0423. The van der Waals surface area contributed by atoms with Crippen LogP contribution in [0.5, 0.6) is 0 Å². The topological polar surface area (TPSA) is 80.3 Å². The van der Waals surface area contributed by atoms with Crippen molar-refractivity contribution in [3.8, 4) is 0 Å². The van der Waals surface area contributed by atoms with Crippen molar-refractivity contribution in [1.29, 1.82) is 0 Å². The van der Waals surface area contributed by atoms with Crippen molar-refractivity contribution >= 4 is 5.91 Å². The van der Waals surface area contributed by atoms with E-state index in [1.54, 1.807) is 17.1 Å². The zero-order valence-electron chi connectivity index (χ0n) is 14.6. The Morgan fingerprint density at radius 3 is 2.92 bits per heavy atom. The van der Waals surface area contributed by atoms with Crippen molar-refractivity contribution in [1.82, 2.24) is 29.7 Å². The van der Waals surface area contributed by atoms with E-state index in [0.29, 0.717) is 36.4 Å². The van der Waals surface area contributed by atoms with Gasteiger partial charge in [-0.3, -0.25) is 14.4 Å². The molecule has 3 rings (SSSR count). The van der Waals surface area contributed by atoms with Crippen LogP contribution in [0.25, 0.3) is 0 Å². The van der Waals surface area contributed by atoms with Crippen LogP contribution in [0.1, 0.15) is 48.3 Å². The van der Waals surface area contributed by atoms with Crippen molar-refractivity contribution < 1.29 is 9.32 Å². The van der Waals surface area contributed by atoms with Crippen molar-refractivity contribution in [3.05, 3.63) is 29.7 Å². The molecule has 1 fully saturated rings. The highest BCUT2D eigenvalue weighted by molar-refractivity contribution is 5.93. The van der Waals surface area contributed by atoms with Crippen LogP contribution >= 0.6 is 0 Å². The number of likely N-dealkylation sites (tertiary alicyclic amines) is 1. The maximum atomic E-state index is 12.5. The molecule has 1 aliphatic rings. The minimum Gasteiger partial charge on any atom is -0.339 e. The lowest BCUT2D eigenvalue weighted by Gasteiger charge is -2.23. The molecular formula is C16H24N6O2. The molecular weight excluding hydrogens is 308 g/mol. The molecule has 0 saturated carbocycles. The molecule has 0 bridgehead atoms. The van der Waals surface area contributed by atoms with Gasteiger partial charge in [-0.25, -0.2) is 0 Å². The van der Waals surface area contributed by atoms with Crippen LogP contribution in [-0.2, 0) is 13.6 Å². The summed E-state index contributed by atoms with van der Waals surface area (Å²) in [6.45, 7) is 6.14. The van der Waals surface area contributed by atoms with E-state index in [9.17, 15) is 4.79 Å². The van der Waals surface area contributed by atoms with Crippen LogP contribution in [0.3, 0.4) is 0 Å². The second-order valence-electron chi connectivity index (χ2n) is 6.72. The van der Waals surface area contributed by atoms with Crippen molar-refractivity contribution in [2.24, 2.45) is 7.05 Å². The normalized spacial score (nSPS) is 18.1. The summed E-state index contributed by atoms with van der Waals surface area (Å²) in [4.78, 5) is 21.0. The summed E-state index contributed by atoms with van der Waals surface area (Å²) in [5.74, 6) is 1.63. The lowest BCUT2D eigenvalue weighted by molar-refractivity contribution is 0.0779. The molecule has 0 spiro atoms. The van der Waals surface area contributed by atoms with Crippen LogP contribution in [0, 0.1) is 0 Å². The molecule has 2 aromatic heterocycles. The van der Waals surface area contributed by atoms with E-state index >= 15 is 0 Å². The highest BCUT2D eigenvalue weighted by atomic mass is 16.5. The highest BCUT2D eigenvalue weighted by Crippen LogP contribution is 2.19. The number of carbonyl (C=O) groups excluding carboxylic acids is 1. The van der Waals surface area contributed by atoms with E-state index in [2.05, 4.69) is 20.1 Å². The summed E-state index contributed by atoms with van der Waals surface area (Å²) < 4.78 is 6.90. The molecule has 1 amide bonds. The van der Waals surface area contributed by atoms with E-state index in [-0.39, 0.29) is 11.8 Å². The number of aromatic nitrogens is 4. The van der Waals surface area contributed by atoms with E-state index in [0.717, 1.165) is 13.0 Å². The average molecular weight is 332 g/mol. The first-order chi connectivity index (χ1) is 11.4. The fourth-order valence-corrected chi connectivity index (χ4v) is 2.92. The summed E-state index contributed by atoms with van der Waals surface area (Å²) in [5, 5.41) is 8.10. The third-order valence-electron chi connectivity index (χ3n) is 4.39. The summed E-state index contributed by atoms with van der Waals surface area (Å²) in [7, 11) is 3.85. The average Bonchev–Trinajstić information content (AvgIpc) is 3.26. The molecule has 8 nitrogen and oxygen atoms in total. The summed E-state index contributed by atoms with van der Waals surface area (Å²) in [5.41, 5.74) is 0.639. The molecule has 1 unspecified atom stereocenters. The maximum Gasteiger partial charge on any atom is 0.257 e. The molecule has 8 heteroatoms. The van der Waals surface area contributed by atoms with Gasteiger partial charge < -0.3 is 9.42 Å². The predicted octanol–water partition coefficient (Wildman–Crippen LogP) is 1.27. The summed E-state index contributed by atoms with van der Waals surface area (Å²) >= 11 is 0. The number of carbonyl (C=O) groups is 1. The summed E-state index contributed by atoms with van der Waals surface area (Å²) in [6, 6.07) is 0.298. The van der Waals surface area contributed by atoms with E-state index in [1.165, 1.54) is 0 Å². The van der Waals surface area contributed by atoms with Crippen LogP contribution in [0.4, 0.5) is 0 Å². The van der Waals surface area contributed by atoms with Gasteiger partial charge in [0.2, 0.25) is 5.89 Å². The molecule has 3 heterocycles. The van der Waals surface area contributed by atoms with Crippen LogP contribution in [0.15, 0.2) is 16.9 Å². The highest BCUT2D eigenvalue weighted by Gasteiger charge is 2.30. The maximum absolute atomic E-state index is 12.5. The minimum absolute atomic E-state index is 0.0423. The monoisotopic (exact) mass is 332 g/mol. The largest absolute Gasteiger partial charge is 0.339 e. The van der Waals surface area contributed by atoms with Gasteiger partial charge in [-0.05, 0) is 13.5 Å². The van der Waals surface area contributed by atoms with Crippen LogP contribution < -0.4 is 0 Å². The zero-order chi connectivity index (χ0) is 17.3. The number of hydrogen-bond acceptors (Lipinski definition) is 6. The van der Waals surface area contributed by atoms with Crippen molar-refractivity contribution in [2.45, 2.75) is 38.8 Å².